The number of phenols is 2. The van der Waals surface area contributed by atoms with Gasteiger partial charge < -0.3 is 10.2 Å². The fraction of sp³-hybridized carbons (Fsp3) is 0.667. The summed E-state index contributed by atoms with van der Waals surface area (Å²) in [6.45, 7) is 4.42. The van der Waals surface area contributed by atoms with Gasteiger partial charge in [0.15, 0.2) is 11.5 Å². The molecule has 0 saturated heterocycles. The summed E-state index contributed by atoms with van der Waals surface area (Å²) in [6, 6.07) is 1.75. The van der Waals surface area contributed by atoms with Crippen molar-refractivity contribution in [3.05, 3.63) is 21.7 Å². The third-order valence-electron chi connectivity index (χ3n) is 3.99. The molecule has 1 aromatic rings. The van der Waals surface area contributed by atoms with Gasteiger partial charge in [-0.05, 0) is 58.8 Å². The van der Waals surface area contributed by atoms with Crippen molar-refractivity contribution in [3.63, 3.8) is 0 Å². The molecule has 0 atom stereocenters. The van der Waals surface area contributed by atoms with Crippen LogP contribution in [0.1, 0.15) is 76.3 Å². The van der Waals surface area contributed by atoms with Crippen molar-refractivity contribution >= 4 is 15.9 Å². The number of halogens is 1. The van der Waals surface area contributed by atoms with E-state index in [1.165, 1.54) is 49.7 Å². The number of benzene rings is 1. The first-order valence-electron chi connectivity index (χ1n) is 8.33. The number of hydrogen-bond acceptors (Lipinski definition) is 2. The molecule has 0 heterocycles. The fourth-order valence-corrected chi connectivity index (χ4v) is 3.34. The lowest BCUT2D eigenvalue weighted by Gasteiger charge is -2.14. The van der Waals surface area contributed by atoms with Crippen LogP contribution < -0.4 is 0 Å². The van der Waals surface area contributed by atoms with Gasteiger partial charge in [0.25, 0.3) is 0 Å². The van der Waals surface area contributed by atoms with E-state index in [9.17, 15) is 10.2 Å². The summed E-state index contributed by atoms with van der Waals surface area (Å²) in [6.07, 6.45) is 11.7. The van der Waals surface area contributed by atoms with Gasteiger partial charge in [-0.3, -0.25) is 0 Å². The highest BCUT2D eigenvalue weighted by molar-refractivity contribution is 9.10. The Bertz CT molecular complexity index is 430. The van der Waals surface area contributed by atoms with Gasteiger partial charge in [0.05, 0.1) is 4.47 Å². The standard InChI is InChI=1S/C18H29BrO2/c1-3-5-7-9-11-14-13-16(20)18(21)17(19)15(14)12-10-8-6-4-2/h13,20-21H,3-12H2,1-2H3. The lowest BCUT2D eigenvalue weighted by Crippen LogP contribution is -1.98. The number of rotatable bonds is 10. The first-order chi connectivity index (χ1) is 10.1. The van der Waals surface area contributed by atoms with E-state index in [1.807, 2.05) is 0 Å². The summed E-state index contributed by atoms with van der Waals surface area (Å²) >= 11 is 3.46. The second kappa shape index (κ2) is 10.1. The minimum atomic E-state index is -0.0159. The highest BCUT2D eigenvalue weighted by Crippen LogP contribution is 2.39. The van der Waals surface area contributed by atoms with E-state index < -0.39 is 0 Å². The molecule has 0 aromatic heterocycles. The molecular formula is C18H29BrO2. The van der Waals surface area contributed by atoms with Crippen LogP contribution in [0.25, 0.3) is 0 Å². The Morgan fingerprint density at radius 3 is 2.00 bits per heavy atom. The monoisotopic (exact) mass is 356 g/mol. The molecule has 3 heteroatoms. The molecule has 0 unspecified atom stereocenters. The number of phenolic OH excluding ortho intramolecular Hbond substituents is 2. The molecule has 0 aliphatic rings. The van der Waals surface area contributed by atoms with Crippen LogP contribution >= 0.6 is 15.9 Å². The van der Waals surface area contributed by atoms with Crippen molar-refractivity contribution in [2.75, 3.05) is 0 Å². The molecule has 1 rings (SSSR count). The Hall–Kier alpha value is -0.700. The summed E-state index contributed by atoms with van der Waals surface area (Å²) < 4.78 is 0.685. The number of aromatic hydroxyl groups is 2. The van der Waals surface area contributed by atoms with Crippen molar-refractivity contribution in [1.82, 2.24) is 0 Å². The zero-order chi connectivity index (χ0) is 15.7. The Kier molecular flexibility index (Phi) is 8.82. The molecule has 1 aromatic carbocycles. The normalized spacial score (nSPS) is 11.0. The Balaban J connectivity index is 2.77. The summed E-state index contributed by atoms with van der Waals surface area (Å²) in [5.41, 5.74) is 2.36. The van der Waals surface area contributed by atoms with Crippen molar-refractivity contribution in [2.24, 2.45) is 0 Å². The van der Waals surface area contributed by atoms with E-state index in [0.717, 1.165) is 25.7 Å². The second-order valence-electron chi connectivity index (χ2n) is 5.82. The van der Waals surface area contributed by atoms with Gasteiger partial charge >= 0.3 is 0 Å². The predicted octanol–water partition coefficient (Wildman–Crippen LogP) is 6.11. The van der Waals surface area contributed by atoms with E-state index in [-0.39, 0.29) is 11.5 Å². The highest BCUT2D eigenvalue weighted by atomic mass is 79.9. The van der Waals surface area contributed by atoms with Gasteiger partial charge in [0.2, 0.25) is 0 Å². The Labute approximate surface area is 137 Å². The Morgan fingerprint density at radius 2 is 1.43 bits per heavy atom. The second-order valence-corrected chi connectivity index (χ2v) is 6.61. The largest absolute Gasteiger partial charge is 0.504 e. The van der Waals surface area contributed by atoms with Gasteiger partial charge in [-0.2, -0.15) is 0 Å². The fourth-order valence-electron chi connectivity index (χ4n) is 2.68. The van der Waals surface area contributed by atoms with Crippen LogP contribution in [0.4, 0.5) is 0 Å². The molecule has 2 nitrogen and oxygen atoms in total. The van der Waals surface area contributed by atoms with Crippen molar-refractivity contribution in [2.45, 2.75) is 78.1 Å². The molecule has 0 bridgehead atoms. The Morgan fingerprint density at radius 1 is 0.857 bits per heavy atom. The maximum absolute atomic E-state index is 9.93. The van der Waals surface area contributed by atoms with Crippen LogP contribution in [-0.4, -0.2) is 10.2 Å². The van der Waals surface area contributed by atoms with Crippen LogP contribution in [0.15, 0.2) is 10.5 Å². The van der Waals surface area contributed by atoms with Crippen LogP contribution in [0.5, 0.6) is 11.5 Å². The average molecular weight is 357 g/mol. The zero-order valence-corrected chi connectivity index (χ0v) is 15.0. The van der Waals surface area contributed by atoms with Crippen LogP contribution in [-0.2, 0) is 12.8 Å². The molecule has 21 heavy (non-hydrogen) atoms. The maximum Gasteiger partial charge on any atom is 0.172 e. The molecule has 0 aliphatic carbocycles. The average Bonchev–Trinajstić information content (AvgIpc) is 2.48. The molecule has 0 amide bonds. The van der Waals surface area contributed by atoms with Crippen molar-refractivity contribution in [1.29, 1.82) is 0 Å². The molecule has 0 aliphatic heterocycles. The van der Waals surface area contributed by atoms with E-state index in [2.05, 4.69) is 29.8 Å². The molecule has 120 valence electrons. The van der Waals surface area contributed by atoms with E-state index in [1.54, 1.807) is 6.07 Å². The van der Waals surface area contributed by atoms with E-state index in [4.69, 9.17) is 0 Å². The first kappa shape index (κ1) is 18.3. The van der Waals surface area contributed by atoms with Crippen molar-refractivity contribution < 1.29 is 10.2 Å². The summed E-state index contributed by atoms with van der Waals surface area (Å²) in [4.78, 5) is 0. The third kappa shape index (κ3) is 5.90. The van der Waals surface area contributed by atoms with Gasteiger partial charge in [0, 0.05) is 0 Å². The van der Waals surface area contributed by atoms with Gasteiger partial charge in [-0.25, -0.2) is 0 Å². The quantitative estimate of drug-likeness (QED) is 0.392. The lowest BCUT2D eigenvalue weighted by molar-refractivity contribution is 0.399. The minimum absolute atomic E-state index is 0.00956. The maximum atomic E-state index is 9.93. The molecular weight excluding hydrogens is 328 g/mol. The number of aryl methyl sites for hydroxylation is 1. The number of hydrogen-bond donors (Lipinski definition) is 2. The van der Waals surface area contributed by atoms with Crippen LogP contribution in [0, 0.1) is 0 Å². The minimum Gasteiger partial charge on any atom is -0.504 e. The van der Waals surface area contributed by atoms with Crippen LogP contribution in [0.3, 0.4) is 0 Å². The molecule has 2 N–H and O–H groups in total. The van der Waals surface area contributed by atoms with Crippen LogP contribution in [0.2, 0.25) is 0 Å². The molecule has 0 spiro atoms. The van der Waals surface area contributed by atoms with E-state index in [0.29, 0.717) is 4.47 Å². The first-order valence-corrected chi connectivity index (χ1v) is 9.13. The van der Waals surface area contributed by atoms with E-state index >= 15 is 0 Å². The van der Waals surface area contributed by atoms with Gasteiger partial charge in [0.1, 0.15) is 0 Å². The SMILES string of the molecule is CCCCCCc1cc(O)c(O)c(Br)c1CCCCCC. The summed E-state index contributed by atoms with van der Waals surface area (Å²) in [7, 11) is 0. The predicted molar refractivity (Wildman–Crippen MR) is 93.2 cm³/mol. The molecule has 0 saturated carbocycles. The highest BCUT2D eigenvalue weighted by Gasteiger charge is 2.15. The number of unbranched alkanes of at least 4 members (excludes halogenated alkanes) is 6. The molecule has 0 fully saturated rings. The zero-order valence-electron chi connectivity index (χ0n) is 13.4. The third-order valence-corrected chi connectivity index (χ3v) is 4.85. The lowest BCUT2D eigenvalue weighted by atomic mass is 9.96. The van der Waals surface area contributed by atoms with Gasteiger partial charge in [-0.1, -0.05) is 52.4 Å². The summed E-state index contributed by atoms with van der Waals surface area (Å²) in [5.74, 6) is -0.0255. The van der Waals surface area contributed by atoms with Gasteiger partial charge in [-0.15, -0.1) is 0 Å². The molecule has 0 radical (unpaired) electrons. The topological polar surface area (TPSA) is 40.5 Å². The smallest absolute Gasteiger partial charge is 0.172 e. The summed E-state index contributed by atoms with van der Waals surface area (Å²) in [5, 5.41) is 19.8. The van der Waals surface area contributed by atoms with Crippen molar-refractivity contribution in [3.8, 4) is 11.5 Å².